The summed E-state index contributed by atoms with van der Waals surface area (Å²) in [4.78, 5) is 33.2. The highest BCUT2D eigenvalue weighted by Gasteiger charge is 2.46. The first kappa shape index (κ1) is 26.7. The smallest absolute Gasteiger partial charge is 0.212 e. The predicted molar refractivity (Wildman–Crippen MR) is 142 cm³/mol. The van der Waals surface area contributed by atoms with Crippen LogP contribution >= 0.6 is 36.4 Å². The average Bonchev–Trinajstić information content (AvgIpc) is 3.55. The zero-order valence-corrected chi connectivity index (χ0v) is 20.9. The van der Waals surface area contributed by atoms with Crippen molar-refractivity contribution in [3.63, 3.8) is 0 Å². The van der Waals surface area contributed by atoms with Crippen molar-refractivity contribution in [2.75, 3.05) is 26.2 Å². The molecule has 4 aliphatic rings. The Morgan fingerprint density at radius 2 is 1.57 bits per heavy atom. The number of fused-ring (bicyclic) bond motifs is 2. The molecule has 1 aromatic carbocycles. The Morgan fingerprint density at radius 1 is 0.943 bits per heavy atom. The maximum absolute atomic E-state index is 12.3. The third kappa shape index (κ3) is 5.05. The van der Waals surface area contributed by atoms with Gasteiger partial charge in [-0.2, -0.15) is 10.2 Å². The number of allylic oxidation sites excluding steroid dienone is 2. The van der Waals surface area contributed by atoms with Gasteiger partial charge in [-0.25, -0.2) is 20.8 Å². The summed E-state index contributed by atoms with van der Waals surface area (Å²) < 4.78 is 0. The molecule has 1 aromatic rings. The molecule has 4 N–H and O–H groups in total. The van der Waals surface area contributed by atoms with Gasteiger partial charge < -0.3 is 20.2 Å². The molecule has 0 radical (unpaired) electrons. The van der Waals surface area contributed by atoms with E-state index in [-0.39, 0.29) is 24.8 Å². The third-order valence-corrected chi connectivity index (χ3v) is 6.58. The summed E-state index contributed by atoms with van der Waals surface area (Å²) in [6.45, 7) is 2.76. The summed E-state index contributed by atoms with van der Waals surface area (Å²) in [5.41, 5.74) is 9.18. The zero-order valence-electron chi connectivity index (χ0n) is 18.5. The lowest BCUT2D eigenvalue weighted by molar-refractivity contribution is -0.111. The van der Waals surface area contributed by atoms with Crippen LogP contribution in [0, 0.1) is 5.92 Å². The Labute approximate surface area is 219 Å². The first-order chi connectivity index (χ1) is 16.2. The summed E-state index contributed by atoms with van der Waals surface area (Å²) in [5.74, 6) is -0.454. The Bertz CT molecular complexity index is 1130. The van der Waals surface area contributed by atoms with Crippen LogP contribution in [0.25, 0.3) is 0 Å². The second kappa shape index (κ2) is 11.7. The number of rotatable bonds is 4. The summed E-state index contributed by atoms with van der Waals surface area (Å²) in [6.07, 6.45) is 3.61. The van der Waals surface area contributed by atoms with E-state index < -0.39 is 23.1 Å². The monoisotopic (exact) mass is 538 g/mol. The molecule has 2 aliphatic heterocycles. The maximum atomic E-state index is 12.3. The van der Waals surface area contributed by atoms with E-state index in [2.05, 4.69) is 41.7 Å². The number of carbonyl (C=O) groups is 2. The summed E-state index contributed by atoms with van der Waals surface area (Å²) in [5, 5.41) is 14.5. The Hall–Kier alpha value is -2.95. The number of aliphatic imine (C=N–C) groups is 2. The molecule has 0 amide bonds. The molecule has 10 nitrogen and oxygen atoms in total. The van der Waals surface area contributed by atoms with Gasteiger partial charge in [0, 0.05) is 19.0 Å². The number of alkyl halides is 1. The van der Waals surface area contributed by atoms with E-state index >= 15 is 0 Å². The molecule has 13 heteroatoms. The molecule has 35 heavy (non-hydrogen) atoms. The van der Waals surface area contributed by atoms with Gasteiger partial charge in [-0.05, 0) is 22.8 Å². The number of aldehydes is 2. The van der Waals surface area contributed by atoms with Crippen molar-refractivity contribution in [3.8, 4) is 0 Å². The van der Waals surface area contributed by atoms with Gasteiger partial charge in [0.25, 0.3) is 0 Å². The number of benzene rings is 1. The number of carbonyl (C=O) groups excluding carboxylic acids is 2. The van der Waals surface area contributed by atoms with Gasteiger partial charge in [-0.1, -0.05) is 24.3 Å². The number of nitrogens with one attached hydrogen (secondary N) is 4. The third-order valence-electron chi connectivity index (χ3n) is 6.13. The number of hydrazone groups is 2. The average molecular weight is 540 g/mol. The fourth-order valence-electron chi connectivity index (χ4n) is 4.64. The van der Waals surface area contributed by atoms with Crippen LogP contribution in [0.3, 0.4) is 0 Å². The molecule has 0 saturated heterocycles. The maximum Gasteiger partial charge on any atom is 0.212 e. The van der Waals surface area contributed by atoms with Gasteiger partial charge in [0.1, 0.15) is 17.9 Å². The van der Waals surface area contributed by atoms with Crippen molar-refractivity contribution in [2.45, 2.75) is 17.2 Å². The van der Waals surface area contributed by atoms with Gasteiger partial charge >= 0.3 is 0 Å². The van der Waals surface area contributed by atoms with Crippen LogP contribution in [0.2, 0.25) is 0 Å². The van der Waals surface area contributed by atoms with Crippen molar-refractivity contribution in [1.82, 2.24) is 21.5 Å². The Balaban J connectivity index is 0.00000171. The van der Waals surface area contributed by atoms with Crippen LogP contribution in [0.4, 0.5) is 0 Å². The lowest BCUT2D eigenvalue weighted by atomic mass is 9.63. The molecule has 5 rings (SSSR count). The van der Waals surface area contributed by atoms with E-state index in [4.69, 9.17) is 11.6 Å². The van der Waals surface area contributed by atoms with E-state index in [1.54, 1.807) is 6.08 Å². The predicted octanol–water partition coefficient (Wildman–Crippen LogP) is 1.08. The van der Waals surface area contributed by atoms with E-state index in [1.807, 2.05) is 24.3 Å². The van der Waals surface area contributed by atoms with Crippen molar-refractivity contribution >= 4 is 72.3 Å². The van der Waals surface area contributed by atoms with E-state index in [1.165, 1.54) is 0 Å². The lowest BCUT2D eigenvalue weighted by Crippen LogP contribution is -2.46. The van der Waals surface area contributed by atoms with Crippen molar-refractivity contribution in [1.29, 1.82) is 0 Å². The standard InChI is InChI=1S/C22H23ClN8O2.2ClH/c23-19-17(28-30-21-24-5-6-25-21)9-14-15(10-32)12-3-1-2-4-13(12)16(11-33)18(14)20(19)29-31-22-26-7-8-27-22;;/h1-4,9-11,15-16,18-19H,5-8H2,(H2,24,25,30)(H2,26,27,31);2*1H. The molecular formula is C22H25Cl3N8O2. The van der Waals surface area contributed by atoms with Gasteiger partial charge in [-0.15, -0.1) is 36.4 Å². The van der Waals surface area contributed by atoms with Crippen LogP contribution in [-0.4, -0.2) is 67.5 Å². The summed E-state index contributed by atoms with van der Waals surface area (Å²) in [6, 6.07) is 7.50. The Morgan fingerprint density at radius 3 is 2.14 bits per heavy atom. The number of guanidine groups is 2. The zero-order chi connectivity index (χ0) is 22.8. The molecular weight excluding hydrogens is 515 g/mol. The molecule has 4 atom stereocenters. The normalized spacial score (nSPS) is 28.5. The van der Waals surface area contributed by atoms with Gasteiger partial charge in [0.2, 0.25) is 11.9 Å². The molecule has 0 saturated carbocycles. The lowest BCUT2D eigenvalue weighted by Gasteiger charge is -2.40. The largest absolute Gasteiger partial charge is 0.353 e. The van der Waals surface area contributed by atoms with Gasteiger partial charge in [0.15, 0.2) is 0 Å². The van der Waals surface area contributed by atoms with Crippen molar-refractivity contribution < 1.29 is 9.59 Å². The molecule has 0 spiro atoms. The quantitative estimate of drug-likeness (QED) is 0.257. The minimum atomic E-state index is -0.734. The summed E-state index contributed by atoms with van der Waals surface area (Å²) in [7, 11) is 0. The second-order valence-electron chi connectivity index (χ2n) is 8.00. The highest BCUT2D eigenvalue weighted by Crippen LogP contribution is 2.48. The fourth-order valence-corrected chi connectivity index (χ4v) is 4.94. The number of hydrogen-bond donors (Lipinski definition) is 4. The Kier molecular flexibility index (Phi) is 8.87. The van der Waals surface area contributed by atoms with E-state index in [0.717, 1.165) is 42.4 Å². The van der Waals surface area contributed by atoms with Gasteiger partial charge in [-0.3, -0.25) is 0 Å². The molecule has 4 unspecified atom stereocenters. The molecule has 2 aliphatic carbocycles. The van der Waals surface area contributed by atoms with Crippen LogP contribution in [0.5, 0.6) is 0 Å². The van der Waals surface area contributed by atoms with Crippen LogP contribution in [0.15, 0.2) is 56.1 Å². The van der Waals surface area contributed by atoms with Crippen LogP contribution in [0.1, 0.15) is 23.0 Å². The fraction of sp³-hybridized carbons (Fsp3) is 0.364. The highest BCUT2D eigenvalue weighted by atomic mass is 35.5. The summed E-state index contributed by atoms with van der Waals surface area (Å²) >= 11 is 6.87. The SMILES string of the molecule is Cl.Cl.O=CC1C2=CC(=NNC3=NCCN3)C(Cl)C(=NNC3=NCCN3)C2C(C=O)c2ccccc21. The van der Waals surface area contributed by atoms with E-state index in [0.29, 0.717) is 36.4 Å². The van der Waals surface area contributed by atoms with Crippen LogP contribution < -0.4 is 21.5 Å². The number of nitrogens with zero attached hydrogens (tertiary/aromatic N) is 4. The van der Waals surface area contributed by atoms with Crippen molar-refractivity contribution in [3.05, 3.63) is 47.0 Å². The molecule has 0 fully saturated rings. The minimum absolute atomic E-state index is 0. The number of hydrogen-bond acceptors (Lipinski definition) is 10. The van der Waals surface area contributed by atoms with Crippen LogP contribution in [-0.2, 0) is 9.59 Å². The minimum Gasteiger partial charge on any atom is -0.353 e. The highest BCUT2D eigenvalue weighted by molar-refractivity contribution is 6.47. The molecule has 186 valence electrons. The first-order valence-corrected chi connectivity index (χ1v) is 11.2. The van der Waals surface area contributed by atoms with E-state index in [9.17, 15) is 9.59 Å². The topological polar surface area (TPSA) is 132 Å². The van der Waals surface area contributed by atoms with Crippen molar-refractivity contribution in [2.24, 2.45) is 26.1 Å². The molecule has 2 heterocycles. The molecule has 0 bridgehead atoms. The van der Waals surface area contributed by atoms with Gasteiger partial charge in [0.05, 0.1) is 36.3 Å². The second-order valence-corrected chi connectivity index (χ2v) is 8.44. The molecule has 0 aromatic heterocycles. The number of halogens is 3. The first-order valence-electron chi connectivity index (χ1n) is 10.8.